The lowest BCUT2D eigenvalue weighted by atomic mass is 9.86. The molecule has 1 aliphatic heterocycles. The molecule has 0 amide bonds. The standard InChI is InChI=1S/C18H28N2O2/c1-5-19-10-12-20(13-11-19)16(17(21)22)14-6-8-15(9-7-14)18(2,3)4/h6-9,16H,5,10-13H2,1-4H3,(H,21,22). The number of rotatable bonds is 4. The van der Waals surface area contributed by atoms with Crippen molar-refractivity contribution in [2.45, 2.75) is 39.2 Å². The van der Waals surface area contributed by atoms with Crippen LogP contribution >= 0.6 is 0 Å². The zero-order valence-electron chi connectivity index (χ0n) is 14.2. The van der Waals surface area contributed by atoms with E-state index in [9.17, 15) is 9.90 Å². The van der Waals surface area contributed by atoms with Gasteiger partial charge in [-0.25, -0.2) is 0 Å². The second kappa shape index (κ2) is 6.80. The second-order valence-corrected chi connectivity index (χ2v) is 7.08. The second-order valence-electron chi connectivity index (χ2n) is 7.08. The van der Waals surface area contributed by atoms with Gasteiger partial charge in [-0.1, -0.05) is 52.0 Å². The predicted octanol–water partition coefficient (Wildman–Crippen LogP) is 2.75. The van der Waals surface area contributed by atoms with Gasteiger partial charge < -0.3 is 10.0 Å². The van der Waals surface area contributed by atoms with Gasteiger partial charge in [0.05, 0.1) is 0 Å². The fraction of sp³-hybridized carbons (Fsp3) is 0.611. The maximum absolute atomic E-state index is 11.8. The summed E-state index contributed by atoms with van der Waals surface area (Å²) in [6.45, 7) is 13.2. The van der Waals surface area contributed by atoms with Gasteiger partial charge in [0.1, 0.15) is 6.04 Å². The lowest BCUT2D eigenvalue weighted by Crippen LogP contribution is -2.49. The van der Waals surface area contributed by atoms with Gasteiger partial charge in [-0.15, -0.1) is 0 Å². The molecule has 0 spiro atoms. The van der Waals surface area contributed by atoms with Crippen LogP contribution in [0.1, 0.15) is 44.9 Å². The average Bonchev–Trinajstić information content (AvgIpc) is 2.47. The van der Waals surface area contributed by atoms with Crippen LogP contribution in [0.25, 0.3) is 0 Å². The number of carbonyl (C=O) groups is 1. The molecule has 0 radical (unpaired) electrons. The highest BCUT2D eigenvalue weighted by atomic mass is 16.4. The Hall–Kier alpha value is -1.39. The van der Waals surface area contributed by atoms with Crippen LogP contribution in [0.4, 0.5) is 0 Å². The molecule has 1 heterocycles. The molecule has 1 N–H and O–H groups in total. The quantitative estimate of drug-likeness (QED) is 0.929. The summed E-state index contributed by atoms with van der Waals surface area (Å²) in [5.41, 5.74) is 2.20. The number of benzene rings is 1. The van der Waals surface area contributed by atoms with Crippen molar-refractivity contribution in [3.8, 4) is 0 Å². The smallest absolute Gasteiger partial charge is 0.325 e. The third-order valence-corrected chi connectivity index (χ3v) is 4.55. The van der Waals surface area contributed by atoms with E-state index in [0.29, 0.717) is 0 Å². The average molecular weight is 304 g/mol. The molecule has 0 aliphatic carbocycles. The maximum atomic E-state index is 11.8. The summed E-state index contributed by atoms with van der Waals surface area (Å²) in [5, 5.41) is 9.68. The molecule has 1 saturated heterocycles. The molecule has 4 nitrogen and oxygen atoms in total. The van der Waals surface area contributed by atoms with E-state index in [1.807, 2.05) is 12.1 Å². The predicted molar refractivity (Wildman–Crippen MR) is 89.2 cm³/mol. The lowest BCUT2D eigenvalue weighted by Gasteiger charge is -2.37. The van der Waals surface area contributed by atoms with Crippen LogP contribution in [0.5, 0.6) is 0 Å². The Morgan fingerprint density at radius 3 is 2.09 bits per heavy atom. The fourth-order valence-corrected chi connectivity index (χ4v) is 3.01. The molecule has 122 valence electrons. The highest BCUT2D eigenvalue weighted by Crippen LogP contribution is 2.27. The molecule has 1 fully saturated rings. The molecule has 0 bridgehead atoms. The minimum atomic E-state index is -0.756. The first-order chi connectivity index (χ1) is 10.3. The van der Waals surface area contributed by atoms with Crippen LogP contribution in [0, 0.1) is 0 Å². The van der Waals surface area contributed by atoms with Crippen molar-refractivity contribution >= 4 is 5.97 Å². The van der Waals surface area contributed by atoms with Gasteiger partial charge in [-0.3, -0.25) is 9.69 Å². The van der Waals surface area contributed by atoms with E-state index in [2.05, 4.69) is 49.6 Å². The van der Waals surface area contributed by atoms with Gasteiger partial charge in [0.25, 0.3) is 0 Å². The van der Waals surface area contributed by atoms with Crippen LogP contribution in [0.15, 0.2) is 24.3 Å². The number of likely N-dealkylation sites (N-methyl/N-ethyl adjacent to an activating group) is 1. The Morgan fingerprint density at radius 1 is 1.14 bits per heavy atom. The zero-order valence-corrected chi connectivity index (χ0v) is 14.2. The van der Waals surface area contributed by atoms with E-state index >= 15 is 0 Å². The largest absolute Gasteiger partial charge is 0.480 e. The molecule has 4 heteroatoms. The summed E-state index contributed by atoms with van der Waals surface area (Å²) in [4.78, 5) is 16.2. The van der Waals surface area contributed by atoms with Crippen LogP contribution in [-0.2, 0) is 10.2 Å². The van der Waals surface area contributed by atoms with Crippen LogP contribution in [-0.4, -0.2) is 53.6 Å². The number of hydrogen-bond donors (Lipinski definition) is 1. The van der Waals surface area contributed by atoms with E-state index in [4.69, 9.17) is 0 Å². The molecule has 1 atom stereocenters. The summed E-state index contributed by atoms with van der Waals surface area (Å²) in [5.74, 6) is -0.756. The molecule has 1 unspecified atom stereocenters. The van der Waals surface area contributed by atoms with Crippen molar-refractivity contribution in [2.75, 3.05) is 32.7 Å². The Morgan fingerprint density at radius 2 is 1.68 bits per heavy atom. The monoisotopic (exact) mass is 304 g/mol. The van der Waals surface area contributed by atoms with E-state index in [1.165, 1.54) is 5.56 Å². The Bertz CT molecular complexity index is 497. The third-order valence-electron chi connectivity index (χ3n) is 4.55. The van der Waals surface area contributed by atoms with Gasteiger partial charge in [0.15, 0.2) is 0 Å². The first kappa shape index (κ1) is 17.0. The molecular formula is C18H28N2O2. The van der Waals surface area contributed by atoms with Gasteiger partial charge >= 0.3 is 5.97 Å². The highest BCUT2D eigenvalue weighted by Gasteiger charge is 2.30. The van der Waals surface area contributed by atoms with Crippen molar-refractivity contribution in [2.24, 2.45) is 0 Å². The first-order valence-electron chi connectivity index (χ1n) is 8.12. The van der Waals surface area contributed by atoms with E-state index in [1.54, 1.807) is 0 Å². The number of carboxylic acids is 1. The topological polar surface area (TPSA) is 43.8 Å². The number of aliphatic carboxylic acids is 1. The molecular weight excluding hydrogens is 276 g/mol. The summed E-state index contributed by atoms with van der Waals surface area (Å²) in [6, 6.07) is 7.55. The normalized spacial score (nSPS) is 19.1. The molecule has 22 heavy (non-hydrogen) atoms. The van der Waals surface area contributed by atoms with Crippen LogP contribution in [0.3, 0.4) is 0 Å². The number of hydrogen-bond acceptors (Lipinski definition) is 3. The third kappa shape index (κ3) is 3.87. The summed E-state index contributed by atoms with van der Waals surface area (Å²) in [6.07, 6.45) is 0. The van der Waals surface area contributed by atoms with E-state index < -0.39 is 12.0 Å². The molecule has 1 aliphatic rings. The first-order valence-corrected chi connectivity index (χ1v) is 8.12. The summed E-state index contributed by atoms with van der Waals surface area (Å²) >= 11 is 0. The summed E-state index contributed by atoms with van der Waals surface area (Å²) < 4.78 is 0. The van der Waals surface area contributed by atoms with E-state index in [-0.39, 0.29) is 5.41 Å². The van der Waals surface area contributed by atoms with Gasteiger partial charge in [-0.2, -0.15) is 0 Å². The molecule has 0 aromatic heterocycles. The van der Waals surface area contributed by atoms with Gasteiger partial charge in [0.2, 0.25) is 0 Å². The highest BCUT2D eigenvalue weighted by molar-refractivity contribution is 5.75. The molecule has 0 saturated carbocycles. The van der Waals surface area contributed by atoms with Crippen molar-refractivity contribution in [1.82, 2.24) is 9.80 Å². The van der Waals surface area contributed by atoms with Gasteiger partial charge in [0, 0.05) is 26.2 Å². The minimum absolute atomic E-state index is 0.0873. The molecule has 1 aromatic carbocycles. The fourth-order valence-electron chi connectivity index (χ4n) is 3.01. The van der Waals surface area contributed by atoms with Gasteiger partial charge in [-0.05, 0) is 23.1 Å². The minimum Gasteiger partial charge on any atom is -0.480 e. The SMILES string of the molecule is CCN1CCN(C(C(=O)O)c2ccc(C(C)(C)C)cc2)CC1. The van der Waals surface area contributed by atoms with Crippen molar-refractivity contribution in [3.63, 3.8) is 0 Å². The maximum Gasteiger partial charge on any atom is 0.325 e. The number of piperazine rings is 1. The molecule has 1 aromatic rings. The Labute approximate surface area is 133 Å². The molecule has 2 rings (SSSR count). The lowest BCUT2D eigenvalue weighted by molar-refractivity contribution is -0.144. The number of nitrogens with zero attached hydrogens (tertiary/aromatic N) is 2. The van der Waals surface area contributed by atoms with Crippen LogP contribution < -0.4 is 0 Å². The number of carboxylic acid groups (broad SMARTS) is 1. The van der Waals surface area contributed by atoms with Crippen molar-refractivity contribution < 1.29 is 9.90 Å². The summed E-state index contributed by atoms with van der Waals surface area (Å²) in [7, 11) is 0. The van der Waals surface area contributed by atoms with Crippen molar-refractivity contribution in [3.05, 3.63) is 35.4 Å². The van der Waals surface area contributed by atoms with Crippen LogP contribution in [0.2, 0.25) is 0 Å². The zero-order chi connectivity index (χ0) is 16.3. The Kier molecular flexibility index (Phi) is 5.24. The Balaban J connectivity index is 2.17. The van der Waals surface area contributed by atoms with Crippen molar-refractivity contribution in [1.29, 1.82) is 0 Å². The van der Waals surface area contributed by atoms with E-state index in [0.717, 1.165) is 38.3 Å².